The molecule has 0 spiro atoms. The summed E-state index contributed by atoms with van der Waals surface area (Å²) in [5.41, 5.74) is 5.58. The van der Waals surface area contributed by atoms with E-state index >= 15 is 0 Å². The normalized spacial score (nSPS) is 10.5. The van der Waals surface area contributed by atoms with Gasteiger partial charge in [0.25, 0.3) is 0 Å². The van der Waals surface area contributed by atoms with Gasteiger partial charge in [-0.25, -0.2) is 4.98 Å². The summed E-state index contributed by atoms with van der Waals surface area (Å²) in [6.45, 7) is 0.543. The number of aryl methyl sites for hydroxylation is 1. The Morgan fingerprint density at radius 1 is 1.53 bits per heavy atom. The van der Waals surface area contributed by atoms with Crippen LogP contribution in [0.2, 0.25) is 0 Å². The maximum atomic E-state index is 11.1. The quantitative estimate of drug-likeness (QED) is 0.724. The average molecular weight is 205 g/mol. The summed E-state index contributed by atoms with van der Waals surface area (Å²) >= 11 is 0. The third-order valence-electron chi connectivity index (χ3n) is 2.14. The molecule has 0 amide bonds. The average Bonchev–Trinajstić information content (AvgIpc) is 2.59. The second-order valence-corrected chi connectivity index (χ2v) is 3.24. The van der Waals surface area contributed by atoms with E-state index in [9.17, 15) is 4.79 Å². The first kappa shape index (κ1) is 9.45. The zero-order valence-electron chi connectivity index (χ0n) is 8.29. The van der Waals surface area contributed by atoms with E-state index in [-0.39, 0.29) is 11.1 Å². The maximum Gasteiger partial charge on any atom is 0.204 e. The van der Waals surface area contributed by atoms with Gasteiger partial charge in [0.2, 0.25) is 5.43 Å². The Kier molecular flexibility index (Phi) is 2.24. The summed E-state index contributed by atoms with van der Waals surface area (Å²) in [5.74, 6) is 0.804. The van der Waals surface area contributed by atoms with Crippen LogP contribution >= 0.6 is 0 Å². The van der Waals surface area contributed by atoms with E-state index in [2.05, 4.69) is 10.1 Å². The molecule has 0 radical (unpaired) electrons. The summed E-state index contributed by atoms with van der Waals surface area (Å²) in [4.78, 5) is 15.1. The lowest BCUT2D eigenvalue weighted by molar-refractivity contribution is 0.651. The Balaban J connectivity index is 2.29. The first-order chi connectivity index (χ1) is 7.16. The second kappa shape index (κ2) is 3.56. The van der Waals surface area contributed by atoms with Crippen molar-refractivity contribution in [3.05, 3.63) is 40.8 Å². The predicted octanol–water partition coefficient (Wildman–Crippen LogP) is -0.393. The number of aromatic nitrogens is 4. The van der Waals surface area contributed by atoms with E-state index in [1.165, 1.54) is 12.4 Å². The first-order valence-electron chi connectivity index (χ1n) is 4.45. The highest BCUT2D eigenvalue weighted by Gasteiger charge is 2.01. The lowest BCUT2D eigenvalue weighted by Gasteiger charge is -2.05. The summed E-state index contributed by atoms with van der Waals surface area (Å²) < 4.78 is 3.47. The molecule has 0 saturated heterocycles. The van der Waals surface area contributed by atoms with Crippen LogP contribution in [0.25, 0.3) is 0 Å². The molecule has 0 fully saturated rings. The molecule has 0 aliphatic rings. The Labute approximate surface area is 86.0 Å². The Morgan fingerprint density at radius 3 is 2.93 bits per heavy atom. The highest BCUT2D eigenvalue weighted by Crippen LogP contribution is 1.98. The highest BCUT2D eigenvalue weighted by atomic mass is 16.1. The van der Waals surface area contributed by atoms with E-state index in [4.69, 9.17) is 5.73 Å². The van der Waals surface area contributed by atoms with Crippen molar-refractivity contribution in [3.63, 3.8) is 0 Å². The van der Waals surface area contributed by atoms with E-state index in [0.717, 1.165) is 5.82 Å². The molecular weight excluding hydrogens is 194 g/mol. The van der Waals surface area contributed by atoms with Gasteiger partial charge in [0.1, 0.15) is 12.2 Å². The van der Waals surface area contributed by atoms with Crippen molar-refractivity contribution in [2.75, 3.05) is 5.73 Å². The number of hydrogen-bond acceptors (Lipinski definition) is 4. The molecule has 0 aliphatic heterocycles. The van der Waals surface area contributed by atoms with Crippen molar-refractivity contribution in [1.82, 2.24) is 19.3 Å². The summed E-state index contributed by atoms with van der Waals surface area (Å²) in [7, 11) is 1.81. The van der Waals surface area contributed by atoms with Gasteiger partial charge in [0, 0.05) is 25.5 Å². The van der Waals surface area contributed by atoms with Gasteiger partial charge in [0.05, 0.1) is 12.2 Å². The zero-order valence-corrected chi connectivity index (χ0v) is 8.29. The van der Waals surface area contributed by atoms with Gasteiger partial charge >= 0.3 is 0 Å². The molecule has 6 nitrogen and oxygen atoms in total. The Hall–Kier alpha value is -2.11. The van der Waals surface area contributed by atoms with Gasteiger partial charge in [0.15, 0.2) is 0 Å². The van der Waals surface area contributed by atoms with Crippen molar-refractivity contribution < 1.29 is 0 Å². The number of nitrogen functional groups attached to an aromatic ring is 1. The molecule has 0 unspecified atom stereocenters. The van der Waals surface area contributed by atoms with E-state index in [0.29, 0.717) is 6.54 Å². The monoisotopic (exact) mass is 205 g/mol. The van der Waals surface area contributed by atoms with Crippen LogP contribution in [0, 0.1) is 0 Å². The van der Waals surface area contributed by atoms with Crippen molar-refractivity contribution in [2.24, 2.45) is 7.05 Å². The van der Waals surface area contributed by atoms with E-state index in [1.807, 2.05) is 7.05 Å². The number of hydrogen-bond donors (Lipinski definition) is 1. The topological polar surface area (TPSA) is 78.7 Å². The third-order valence-corrected chi connectivity index (χ3v) is 2.14. The van der Waals surface area contributed by atoms with Gasteiger partial charge in [-0.2, -0.15) is 5.10 Å². The van der Waals surface area contributed by atoms with Crippen LogP contribution in [-0.4, -0.2) is 19.3 Å². The molecule has 2 heterocycles. The molecule has 6 heteroatoms. The van der Waals surface area contributed by atoms with Crippen LogP contribution in [0.1, 0.15) is 5.82 Å². The minimum absolute atomic E-state index is 0.163. The van der Waals surface area contributed by atoms with Gasteiger partial charge in [-0.05, 0) is 0 Å². The molecule has 0 bridgehead atoms. The fraction of sp³-hybridized carbons (Fsp3) is 0.222. The second-order valence-electron chi connectivity index (χ2n) is 3.24. The van der Waals surface area contributed by atoms with Crippen LogP contribution in [0.3, 0.4) is 0 Å². The first-order valence-corrected chi connectivity index (χ1v) is 4.45. The molecule has 2 aromatic heterocycles. The van der Waals surface area contributed by atoms with Crippen molar-refractivity contribution in [1.29, 1.82) is 0 Å². The van der Waals surface area contributed by atoms with Gasteiger partial charge in [-0.1, -0.05) is 0 Å². The zero-order chi connectivity index (χ0) is 10.8. The number of anilines is 1. The van der Waals surface area contributed by atoms with Gasteiger partial charge < -0.3 is 10.3 Å². The molecule has 2 N–H and O–H groups in total. The molecule has 78 valence electrons. The lowest BCUT2D eigenvalue weighted by Crippen LogP contribution is -2.13. The SMILES string of the molecule is Cn1ncnc1Cn1ccc(=O)c(N)c1. The van der Waals surface area contributed by atoms with Crippen LogP contribution in [0.5, 0.6) is 0 Å². The van der Waals surface area contributed by atoms with Crippen LogP contribution in [0.15, 0.2) is 29.6 Å². The highest BCUT2D eigenvalue weighted by molar-refractivity contribution is 5.33. The molecule has 0 aliphatic carbocycles. The molecular formula is C9H11N5O. The van der Waals surface area contributed by atoms with Crippen molar-refractivity contribution in [3.8, 4) is 0 Å². The number of pyridine rings is 1. The molecule has 2 rings (SSSR count). The summed E-state index contributed by atoms with van der Waals surface area (Å²) in [6, 6.07) is 1.44. The van der Waals surface area contributed by atoms with Crippen molar-refractivity contribution in [2.45, 2.75) is 6.54 Å². The molecule has 0 atom stereocenters. The number of nitrogens with two attached hydrogens (primary N) is 1. The minimum Gasteiger partial charge on any atom is -0.394 e. The Bertz CT molecular complexity index is 527. The standard InChI is InChI=1S/C9H11N5O/c1-13-9(11-6-12-13)5-14-3-2-8(15)7(10)4-14/h2-4,6H,5,10H2,1H3. The summed E-state index contributed by atoms with van der Waals surface area (Å²) in [5, 5.41) is 3.95. The molecule has 2 aromatic rings. The Morgan fingerprint density at radius 2 is 2.33 bits per heavy atom. The molecule has 0 aromatic carbocycles. The van der Waals surface area contributed by atoms with Crippen LogP contribution in [0.4, 0.5) is 5.69 Å². The van der Waals surface area contributed by atoms with E-state index < -0.39 is 0 Å². The van der Waals surface area contributed by atoms with Gasteiger partial charge in [-0.15, -0.1) is 0 Å². The fourth-order valence-electron chi connectivity index (χ4n) is 1.27. The van der Waals surface area contributed by atoms with E-state index in [1.54, 1.807) is 21.6 Å². The van der Waals surface area contributed by atoms with Gasteiger partial charge in [-0.3, -0.25) is 9.48 Å². The van der Waals surface area contributed by atoms with Crippen LogP contribution < -0.4 is 11.2 Å². The molecule has 0 saturated carbocycles. The van der Waals surface area contributed by atoms with Crippen molar-refractivity contribution >= 4 is 5.69 Å². The smallest absolute Gasteiger partial charge is 0.204 e. The maximum absolute atomic E-state index is 11.1. The lowest BCUT2D eigenvalue weighted by atomic mass is 10.4. The third kappa shape index (κ3) is 1.88. The largest absolute Gasteiger partial charge is 0.394 e. The van der Waals surface area contributed by atoms with Crippen LogP contribution in [-0.2, 0) is 13.6 Å². The number of rotatable bonds is 2. The predicted molar refractivity (Wildman–Crippen MR) is 55.2 cm³/mol. The summed E-state index contributed by atoms with van der Waals surface area (Å²) in [6.07, 6.45) is 4.76. The minimum atomic E-state index is -0.163. The fourth-order valence-corrected chi connectivity index (χ4v) is 1.27. The molecule has 15 heavy (non-hydrogen) atoms. The number of nitrogens with zero attached hydrogens (tertiary/aromatic N) is 4.